The number of rotatable bonds is 4. The third kappa shape index (κ3) is 3.18. The van der Waals surface area contributed by atoms with E-state index in [-0.39, 0.29) is 12.5 Å². The molecular formula is C14H15F2N3OS. The number of anilines is 1. The Labute approximate surface area is 125 Å². The van der Waals surface area contributed by atoms with Crippen LogP contribution >= 0.6 is 11.5 Å². The number of nitrogens with zero attached hydrogens (tertiary/aromatic N) is 2. The number of aryl methyl sites for hydroxylation is 1. The molecule has 1 aromatic carbocycles. The van der Waals surface area contributed by atoms with Crippen molar-refractivity contribution in [2.75, 3.05) is 19.4 Å². The second-order valence-electron chi connectivity index (χ2n) is 4.63. The van der Waals surface area contributed by atoms with Crippen molar-refractivity contribution in [2.45, 2.75) is 13.5 Å². The number of hydrogen-bond donors (Lipinski definition) is 1. The fraction of sp³-hybridized carbons (Fsp3) is 0.286. The van der Waals surface area contributed by atoms with Gasteiger partial charge in [-0.2, -0.15) is 4.37 Å². The van der Waals surface area contributed by atoms with Gasteiger partial charge in [-0.1, -0.05) is 6.07 Å². The first kappa shape index (κ1) is 15.4. The molecule has 112 valence electrons. The van der Waals surface area contributed by atoms with E-state index in [0.717, 1.165) is 12.1 Å². The SMILES string of the molecule is CNc1snc(C)c1C(=O)N(C)Cc1ccc(F)c(F)c1. The zero-order valence-electron chi connectivity index (χ0n) is 11.9. The summed E-state index contributed by atoms with van der Waals surface area (Å²) in [5.41, 5.74) is 1.68. The number of halogens is 2. The molecule has 0 aliphatic rings. The summed E-state index contributed by atoms with van der Waals surface area (Å²) in [4.78, 5) is 13.9. The lowest BCUT2D eigenvalue weighted by molar-refractivity contribution is 0.0785. The molecule has 0 atom stereocenters. The molecular weight excluding hydrogens is 296 g/mol. The Hall–Kier alpha value is -2.02. The molecule has 21 heavy (non-hydrogen) atoms. The summed E-state index contributed by atoms with van der Waals surface area (Å²) >= 11 is 1.21. The quantitative estimate of drug-likeness (QED) is 0.944. The summed E-state index contributed by atoms with van der Waals surface area (Å²) in [5, 5.41) is 3.62. The minimum atomic E-state index is -0.919. The van der Waals surface area contributed by atoms with Crippen molar-refractivity contribution in [3.8, 4) is 0 Å². The summed E-state index contributed by atoms with van der Waals surface area (Å²) in [6.07, 6.45) is 0. The highest BCUT2D eigenvalue weighted by Gasteiger charge is 2.21. The summed E-state index contributed by atoms with van der Waals surface area (Å²) in [7, 11) is 3.33. The first-order valence-corrected chi connectivity index (χ1v) is 7.04. The molecule has 0 radical (unpaired) electrons. The van der Waals surface area contributed by atoms with E-state index in [1.807, 2.05) is 0 Å². The molecule has 0 saturated heterocycles. The van der Waals surface area contributed by atoms with Crippen molar-refractivity contribution in [3.05, 3.63) is 46.7 Å². The lowest BCUT2D eigenvalue weighted by atomic mass is 10.1. The molecule has 4 nitrogen and oxygen atoms in total. The number of benzene rings is 1. The smallest absolute Gasteiger partial charge is 0.258 e. The van der Waals surface area contributed by atoms with Gasteiger partial charge in [-0.05, 0) is 36.2 Å². The standard InChI is InChI=1S/C14H15F2N3OS/c1-8-12(13(17-2)21-18-8)14(20)19(3)7-9-4-5-10(15)11(16)6-9/h4-6,17H,7H2,1-3H3. The van der Waals surface area contributed by atoms with Crippen LogP contribution in [0.25, 0.3) is 0 Å². The van der Waals surface area contributed by atoms with Crippen LogP contribution in [0.2, 0.25) is 0 Å². The Kier molecular flexibility index (Phi) is 4.52. The van der Waals surface area contributed by atoms with Crippen LogP contribution in [0.1, 0.15) is 21.6 Å². The van der Waals surface area contributed by atoms with Crippen LogP contribution in [0, 0.1) is 18.6 Å². The van der Waals surface area contributed by atoms with Crippen LogP contribution < -0.4 is 5.32 Å². The molecule has 7 heteroatoms. The number of nitrogens with one attached hydrogen (secondary N) is 1. The van der Waals surface area contributed by atoms with Crippen LogP contribution in [0.5, 0.6) is 0 Å². The number of carbonyl (C=O) groups excluding carboxylic acids is 1. The Morgan fingerprint density at radius 3 is 2.71 bits per heavy atom. The molecule has 0 saturated carbocycles. The molecule has 1 amide bonds. The van der Waals surface area contributed by atoms with E-state index in [1.165, 1.54) is 22.5 Å². The highest BCUT2D eigenvalue weighted by Crippen LogP contribution is 2.25. The zero-order chi connectivity index (χ0) is 15.6. The average Bonchev–Trinajstić information content (AvgIpc) is 2.83. The van der Waals surface area contributed by atoms with Gasteiger partial charge in [-0.15, -0.1) is 0 Å². The first-order chi connectivity index (χ1) is 9.93. The van der Waals surface area contributed by atoms with Crippen molar-refractivity contribution < 1.29 is 13.6 Å². The van der Waals surface area contributed by atoms with E-state index in [2.05, 4.69) is 9.69 Å². The summed E-state index contributed by atoms with van der Waals surface area (Å²) < 4.78 is 30.2. The summed E-state index contributed by atoms with van der Waals surface area (Å²) in [6, 6.07) is 3.61. The molecule has 1 aromatic heterocycles. The molecule has 0 bridgehead atoms. The number of hydrogen-bond acceptors (Lipinski definition) is 4. The van der Waals surface area contributed by atoms with E-state index in [0.29, 0.717) is 21.8 Å². The Morgan fingerprint density at radius 1 is 1.38 bits per heavy atom. The lowest BCUT2D eigenvalue weighted by Crippen LogP contribution is -2.27. The maximum absolute atomic E-state index is 13.2. The van der Waals surface area contributed by atoms with Crippen LogP contribution in [0.4, 0.5) is 13.8 Å². The monoisotopic (exact) mass is 311 g/mol. The van der Waals surface area contributed by atoms with Gasteiger partial charge in [0.05, 0.1) is 11.3 Å². The van der Waals surface area contributed by atoms with Gasteiger partial charge < -0.3 is 10.2 Å². The number of amides is 1. The van der Waals surface area contributed by atoms with E-state index in [4.69, 9.17) is 0 Å². The minimum absolute atomic E-state index is 0.189. The highest BCUT2D eigenvalue weighted by atomic mass is 32.1. The fourth-order valence-corrected chi connectivity index (χ4v) is 2.70. The number of aromatic nitrogens is 1. The second-order valence-corrected chi connectivity index (χ2v) is 5.41. The molecule has 0 unspecified atom stereocenters. The van der Waals surface area contributed by atoms with E-state index < -0.39 is 11.6 Å². The summed E-state index contributed by atoms with van der Waals surface area (Å²) in [5.74, 6) is -2.03. The molecule has 1 N–H and O–H groups in total. The van der Waals surface area contributed by atoms with Crippen LogP contribution in [-0.4, -0.2) is 29.3 Å². The van der Waals surface area contributed by atoms with E-state index in [9.17, 15) is 13.6 Å². The third-order valence-corrected chi connectivity index (χ3v) is 4.01. The topological polar surface area (TPSA) is 45.2 Å². The maximum Gasteiger partial charge on any atom is 0.258 e. The van der Waals surface area contributed by atoms with Gasteiger partial charge in [-0.25, -0.2) is 8.78 Å². The van der Waals surface area contributed by atoms with Crippen LogP contribution in [0.15, 0.2) is 18.2 Å². The molecule has 2 rings (SSSR count). The molecule has 0 spiro atoms. The Morgan fingerprint density at radius 2 is 2.10 bits per heavy atom. The predicted molar refractivity (Wildman–Crippen MR) is 78.6 cm³/mol. The van der Waals surface area contributed by atoms with Crippen molar-refractivity contribution in [1.82, 2.24) is 9.27 Å². The molecule has 2 aromatic rings. The first-order valence-electron chi connectivity index (χ1n) is 6.27. The van der Waals surface area contributed by atoms with Crippen molar-refractivity contribution in [2.24, 2.45) is 0 Å². The van der Waals surface area contributed by atoms with Gasteiger partial charge >= 0.3 is 0 Å². The van der Waals surface area contributed by atoms with E-state index in [1.54, 1.807) is 21.0 Å². The predicted octanol–water partition coefficient (Wildman–Crippen LogP) is 3.04. The van der Waals surface area contributed by atoms with Crippen molar-refractivity contribution in [1.29, 1.82) is 0 Å². The van der Waals surface area contributed by atoms with E-state index >= 15 is 0 Å². The van der Waals surface area contributed by atoms with Gasteiger partial charge in [0.15, 0.2) is 11.6 Å². The van der Waals surface area contributed by atoms with Crippen molar-refractivity contribution >= 4 is 22.4 Å². The van der Waals surface area contributed by atoms with Gasteiger partial charge in [0.2, 0.25) is 0 Å². The highest BCUT2D eigenvalue weighted by molar-refractivity contribution is 7.10. The van der Waals surface area contributed by atoms with Gasteiger partial charge in [-0.3, -0.25) is 4.79 Å². The van der Waals surface area contributed by atoms with Crippen molar-refractivity contribution in [3.63, 3.8) is 0 Å². The zero-order valence-corrected chi connectivity index (χ0v) is 12.7. The average molecular weight is 311 g/mol. The Balaban J connectivity index is 2.19. The molecule has 0 aliphatic heterocycles. The van der Waals surface area contributed by atoms with Crippen LogP contribution in [-0.2, 0) is 6.54 Å². The molecule has 0 aliphatic carbocycles. The fourth-order valence-electron chi connectivity index (χ4n) is 1.97. The normalized spacial score (nSPS) is 10.5. The number of carbonyl (C=O) groups is 1. The van der Waals surface area contributed by atoms with Gasteiger partial charge in [0.25, 0.3) is 5.91 Å². The minimum Gasteiger partial charge on any atom is -0.378 e. The molecule has 1 heterocycles. The third-order valence-electron chi connectivity index (χ3n) is 3.05. The summed E-state index contributed by atoms with van der Waals surface area (Å²) in [6.45, 7) is 1.95. The van der Waals surface area contributed by atoms with Crippen LogP contribution in [0.3, 0.4) is 0 Å². The largest absolute Gasteiger partial charge is 0.378 e. The maximum atomic E-state index is 13.2. The van der Waals surface area contributed by atoms with Gasteiger partial charge in [0, 0.05) is 20.6 Å². The lowest BCUT2D eigenvalue weighted by Gasteiger charge is -2.18. The van der Waals surface area contributed by atoms with Gasteiger partial charge in [0.1, 0.15) is 5.00 Å². The Bertz CT molecular complexity index is 672. The molecule has 0 fully saturated rings. The second kappa shape index (κ2) is 6.17.